The summed E-state index contributed by atoms with van der Waals surface area (Å²) in [5, 5.41) is 14.3. The van der Waals surface area contributed by atoms with Gasteiger partial charge in [0.25, 0.3) is 11.3 Å². The molecule has 0 bridgehead atoms. The molecular weight excluding hydrogens is 284 g/mol. The SMILES string of the molecule is Cc1ccc2oc(Nc3ccccc3)c([N+](=O)[O-])c(=O)c2c1. The lowest BCUT2D eigenvalue weighted by Gasteiger charge is -2.07. The van der Waals surface area contributed by atoms with Crippen molar-refractivity contribution in [1.82, 2.24) is 0 Å². The predicted molar refractivity (Wildman–Crippen MR) is 83.6 cm³/mol. The number of anilines is 2. The van der Waals surface area contributed by atoms with E-state index in [1.807, 2.05) is 6.07 Å². The Balaban J connectivity index is 2.25. The average Bonchev–Trinajstić information content (AvgIpc) is 2.49. The number of hydrogen-bond acceptors (Lipinski definition) is 5. The van der Waals surface area contributed by atoms with Crippen molar-refractivity contribution in [2.24, 2.45) is 0 Å². The average molecular weight is 296 g/mol. The van der Waals surface area contributed by atoms with Crippen molar-refractivity contribution in [3.05, 3.63) is 74.4 Å². The van der Waals surface area contributed by atoms with E-state index in [1.165, 1.54) is 0 Å². The number of fused-ring (bicyclic) bond motifs is 1. The quantitative estimate of drug-likeness (QED) is 0.587. The number of hydrogen-bond donors (Lipinski definition) is 1. The Morgan fingerprint density at radius 2 is 1.86 bits per heavy atom. The van der Waals surface area contributed by atoms with Gasteiger partial charge in [-0.15, -0.1) is 0 Å². The standard InChI is InChI=1S/C16H12N2O4/c1-10-7-8-13-12(9-10)15(19)14(18(20)21)16(22-13)17-11-5-3-2-4-6-11/h2-9,17H,1H3. The number of nitrogens with one attached hydrogen (secondary N) is 1. The van der Waals surface area contributed by atoms with Gasteiger partial charge in [-0.3, -0.25) is 14.9 Å². The Morgan fingerprint density at radius 1 is 1.14 bits per heavy atom. The molecule has 1 N–H and O–H groups in total. The van der Waals surface area contributed by atoms with Crippen LogP contribution in [0.3, 0.4) is 0 Å². The fourth-order valence-electron chi connectivity index (χ4n) is 2.20. The van der Waals surface area contributed by atoms with Gasteiger partial charge in [-0.25, -0.2) is 0 Å². The van der Waals surface area contributed by atoms with Crippen LogP contribution in [0.15, 0.2) is 57.7 Å². The fraction of sp³-hybridized carbons (Fsp3) is 0.0625. The Kier molecular flexibility index (Phi) is 3.34. The van der Waals surface area contributed by atoms with Gasteiger partial charge >= 0.3 is 5.69 Å². The van der Waals surface area contributed by atoms with Crippen molar-refractivity contribution in [3.8, 4) is 0 Å². The number of nitrogens with zero attached hydrogens (tertiary/aromatic N) is 1. The second-order valence-electron chi connectivity index (χ2n) is 4.86. The van der Waals surface area contributed by atoms with Gasteiger partial charge in [0.05, 0.1) is 10.3 Å². The molecule has 110 valence electrons. The first-order valence-electron chi connectivity index (χ1n) is 6.60. The van der Waals surface area contributed by atoms with Gasteiger partial charge in [0, 0.05) is 5.69 Å². The molecule has 6 heteroatoms. The maximum atomic E-state index is 12.4. The highest BCUT2D eigenvalue weighted by molar-refractivity contribution is 5.83. The van der Waals surface area contributed by atoms with E-state index in [2.05, 4.69) is 5.32 Å². The summed E-state index contributed by atoms with van der Waals surface area (Å²) in [6, 6.07) is 13.8. The molecule has 0 amide bonds. The van der Waals surface area contributed by atoms with Gasteiger partial charge < -0.3 is 9.73 Å². The Bertz CT molecular complexity index is 917. The van der Waals surface area contributed by atoms with Gasteiger partial charge in [0.15, 0.2) is 0 Å². The minimum atomic E-state index is -0.723. The predicted octanol–water partition coefficient (Wildman–Crippen LogP) is 3.75. The minimum Gasteiger partial charge on any atom is -0.434 e. The van der Waals surface area contributed by atoms with E-state index in [9.17, 15) is 14.9 Å². The maximum Gasteiger partial charge on any atom is 0.376 e. The topological polar surface area (TPSA) is 85.4 Å². The zero-order valence-corrected chi connectivity index (χ0v) is 11.7. The molecule has 0 aliphatic heterocycles. The van der Waals surface area contributed by atoms with E-state index in [-0.39, 0.29) is 11.3 Å². The van der Waals surface area contributed by atoms with E-state index in [0.29, 0.717) is 11.3 Å². The third kappa shape index (κ3) is 2.42. The van der Waals surface area contributed by atoms with Crippen LogP contribution in [-0.4, -0.2) is 4.92 Å². The highest BCUT2D eigenvalue weighted by Crippen LogP contribution is 2.28. The second kappa shape index (κ2) is 5.33. The zero-order chi connectivity index (χ0) is 15.7. The van der Waals surface area contributed by atoms with Crippen molar-refractivity contribution >= 4 is 28.2 Å². The van der Waals surface area contributed by atoms with Gasteiger partial charge in [0.2, 0.25) is 0 Å². The Hall–Kier alpha value is -3.15. The van der Waals surface area contributed by atoms with Crippen molar-refractivity contribution in [3.63, 3.8) is 0 Å². The molecule has 1 heterocycles. The van der Waals surface area contributed by atoms with Crippen LogP contribution >= 0.6 is 0 Å². The number of rotatable bonds is 3. The van der Waals surface area contributed by atoms with Crippen LogP contribution in [0.1, 0.15) is 5.56 Å². The Labute approximate surface area is 125 Å². The smallest absolute Gasteiger partial charge is 0.376 e. The molecule has 0 fully saturated rings. The molecule has 6 nitrogen and oxygen atoms in total. The molecular formula is C16H12N2O4. The monoisotopic (exact) mass is 296 g/mol. The highest BCUT2D eigenvalue weighted by Gasteiger charge is 2.24. The molecule has 0 saturated heterocycles. The van der Waals surface area contributed by atoms with Crippen molar-refractivity contribution in [2.75, 3.05) is 5.32 Å². The first kappa shape index (κ1) is 13.8. The van der Waals surface area contributed by atoms with Crippen LogP contribution < -0.4 is 10.7 Å². The summed E-state index contributed by atoms with van der Waals surface area (Å²) in [5.41, 5.74) is 0.480. The molecule has 22 heavy (non-hydrogen) atoms. The fourth-order valence-corrected chi connectivity index (χ4v) is 2.20. The number of para-hydroxylation sites is 1. The first-order valence-corrected chi connectivity index (χ1v) is 6.60. The summed E-state index contributed by atoms with van der Waals surface area (Å²) in [7, 11) is 0. The van der Waals surface area contributed by atoms with E-state index >= 15 is 0 Å². The van der Waals surface area contributed by atoms with E-state index in [1.54, 1.807) is 49.4 Å². The van der Waals surface area contributed by atoms with Crippen LogP contribution in [0.4, 0.5) is 17.3 Å². The number of nitro groups is 1. The van der Waals surface area contributed by atoms with Crippen molar-refractivity contribution in [1.29, 1.82) is 0 Å². The summed E-state index contributed by atoms with van der Waals surface area (Å²) in [4.78, 5) is 22.9. The molecule has 1 aromatic heterocycles. The molecule has 2 aromatic carbocycles. The van der Waals surface area contributed by atoms with Gasteiger partial charge in [-0.1, -0.05) is 29.8 Å². The molecule has 0 radical (unpaired) electrons. The normalized spacial score (nSPS) is 10.6. The van der Waals surface area contributed by atoms with E-state index < -0.39 is 16.0 Å². The van der Waals surface area contributed by atoms with E-state index in [4.69, 9.17) is 4.42 Å². The maximum absolute atomic E-state index is 12.4. The summed E-state index contributed by atoms with van der Waals surface area (Å²) in [6.45, 7) is 1.81. The first-order chi connectivity index (χ1) is 10.6. The molecule has 0 spiro atoms. The second-order valence-corrected chi connectivity index (χ2v) is 4.86. The van der Waals surface area contributed by atoms with Crippen LogP contribution in [0.25, 0.3) is 11.0 Å². The summed E-state index contributed by atoms with van der Waals surface area (Å²) >= 11 is 0. The van der Waals surface area contributed by atoms with Crippen LogP contribution in [-0.2, 0) is 0 Å². The van der Waals surface area contributed by atoms with E-state index in [0.717, 1.165) is 5.56 Å². The molecule has 0 saturated carbocycles. The summed E-state index contributed by atoms with van der Waals surface area (Å²) in [6.07, 6.45) is 0. The summed E-state index contributed by atoms with van der Waals surface area (Å²) in [5.74, 6) is -0.169. The molecule has 0 atom stereocenters. The third-order valence-corrected chi connectivity index (χ3v) is 3.24. The van der Waals surface area contributed by atoms with Gasteiger partial charge in [-0.05, 0) is 31.2 Å². The number of benzene rings is 2. The summed E-state index contributed by atoms with van der Waals surface area (Å²) < 4.78 is 5.54. The largest absolute Gasteiger partial charge is 0.434 e. The lowest BCUT2D eigenvalue weighted by atomic mass is 10.1. The molecule has 0 unspecified atom stereocenters. The molecule has 3 aromatic rings. The molecule has 3 rings (SSSR count). The Morgan fingerprint density at radius 3 is 2.55 bits per heavy atom. The minimum absolute atomic E-state index is 0.169. The lowest BCUT2D eigenvalue weighted by molar-refractivity contribution is -0.385. The highest BCUT2D eigenvalue weighted by atomic mass is 16.6. The van der Waals surface area contributed by atoms with Crippen LogP contribution in [0.2, 0.25) is 0 Å². The van der Waals surface area contributed by atoms with Gasteiger partial charge in [-0.2, -0.15) is 0 Å². The molecule has 0 aliphatic carbocycles. The number of aryl methyl sites for hydroxylation is 1. The van der Waals surface area contributed by atoms with Crippen LogP contribution in [0.5, 0.6) is 0 Å². The third-order valence-electron chi connectivity index (χ3n) is 3.24. The van der Waals surface area contributed by atoms with Crippen molar-refractivity contribution in [2.45, 2.75) is 6.92 Å². The van der Waals surface area contributed by atoms with Crippen molar-refractivity contribution < 1.29 is 9.34 Å². The molecule has 0 aliphatic rings. The van der Waals surface area contributed by atoms with Gasteiger partial charge in [0.1, 0.15) is 5.58 Å². The lowest BCUT2D eigenvalue weighted by Crippen LogP contribution is -2.11. The van der Waals surface area contributed by atoms with Crippen LogP contribution in [0, 0.1) is 17.0 Å². The zero-order valence-electron chi connectivity index (χ0n) is 11.7.